The third-order valence-electron chi connectivity index (χ3n) is 3.64. The molecule has 3 heteroatoms. The Morgan fingerprint density at radius 3 is 2.47 bits per heavy atom. The molecule has 0 aliphatic carbocycles. The molecule has 0 N–H and O–H groups in total. The van der Waals surface area contributed by atoms with Crippen molar-refractivity contribution in [1.82, 2.24) is 4.57 Å². The zero-order chi connectivity index (χ0) is 12.8. The molecular weight excluding hydrogens is 300 g/mol. The Bertz CT molecular complexity index is 490. The number of halogens is 1. The van der Waals surface area contributed by atoms with E-state index in [0.717, 1.165) is 6.54 Å². The molecule has 2 rings (SSSR count). The molecule has 0 atom stereocenters. The predicted octanol–water partition coefficient (Wildman–Crippen LogP) is 0.830. The lowest BCUT2D eigenvalue weighted by atomic mass is 10.1. The van der Waals surface area contributed by atoms with Crippen molar-refractivity contribution in [3.63, 3.8) is 0 Å². The van der Waals surface area contributed by atoms with E-state index in [9.17, 15) is 0 Å². The van der Waals surface area contributed by atoms with Crippen molar-refractivity contribution in [3.8, 4) is 0 Å². The quantitative estimate of drug-likeness (QED) is 0.527. The average molecular weight is 325 g/mol. The van der Waals surface area contributed by atoms with E-state index in [1.807, 2.05) is 0 Å². The molecule has 0 bridgehead atoms. The summed E-state index contributed by atoms with van der Waals surface area (Å²) >= 11 is 0. The number of aryl methyl sites for hydroxylation is 2. The lowest BCUT2D eigenvalue weighted by Gasteiger charge is -1.99. The van der Waals surface area contributed by atoms with Crippen molar-refractivity contribution < 1.29 is 21.5 Å². The molecule has 0 saturated carbocycles. The number of hydrogen-bond donors (Lipinski definition) is 0. The van der Waals surface area contributed by atoms with Gasteiger partial charge in [-0.05, 0) is 25.0 Å². The first-order valence-electron chi connectivity index (χ1n) is 7.26. The van der Waals surface area contributed by atoms with Crippen LogP contribution in [0.2, 0.25) is 0 Å². The van der Waals surface area contributed by atoms with Gasteiger partial charge in [-0.3, -0.25) is 0 Å². The maximum atomic E-state index is 2.38. The van der Waals surface area contributed by atoms with Crippen LogP contribution < -0.4 is 21.5 Å². The summed E-state index contributed by atoms with van der Waals surface area (Å²) in [5.41, 5.74) is 2.68. The van der Waals surface area contributed by atoms with E-state index >= 15 is 0 Å². The molecule has 0 aliphatic heterocycles. The second kappa shape index (κ2) is 8.36. The molecule has 1 heterocycles. The van der Waals surface area contributed by atoms with Gasteiger partial charge in [-0.25, -0.2) is 9.13 Å². The van der Waals surface area contributed by atoms with Crippen LogP contribution in [-0.2, 0) is 13.6 Å². The summed E-state index contributed by atoms with van der Waals surface area (Å²) in [7, 11) is 2.13. The maximum Gasteiger partial charge on any atom is 0.244 e. The summed E-state index contributed by atoms with van der Waals surface area (Å²) in [4.78, 5) is 0. The summed E-state index contributed by atoms with van der Waals surface area (Å²) in [6.07, 6.45) is 10.4. The minimum absolute atomic E-state index is 0. The molecule has 0 aliphatic rings. The van der Waals surface area contributed by atoms with Crippen LogP contribution >= 0.6 is 0 Å². The van der Waals surface area contributed by atoms with Gasteiger partial charge in [0.15, 0.2) is 11.0 Å². The van der Waals surface area contributed by atoms with Crippen molar-refractivity contribution >= 4 is 11.0 Å². The fourth-order valence-electron chi connectivity index (χ4n) is 2.58. The molecule has 0 saturated heterocycles. The van der Waals surface area contributed by atoms with Gasteiger partial charge in [0.2, 0.25) is 6.33 Å². The summed E-state index contributed by atoms with van der Waals surface area (Å²) in [6, 6.07) is 8.64. The number of benzene rings is 1. The Kier molecular flexibility index (Phi) is 7.14. The van der Waals surface area contributed by atoms with Crippen molar-refractivity contribution in [2.45, 2.75) is 52.0 Å². The molecule has 0 radical (unpaired) electrons. The van der Waals surface area contributed by atoms with E-state index in [0.29, 0.717) is 0 Å². The fraction of sp³-hybridized carbons (Fsp3) is 0.562. The van der Waals surface area contributed by atoms with Gasteiger partial charge in [-0.15, -0.1) is 0 Å². The highest BCUT2D eigenvalue weighted by Gasteiger charge is 2.11. The Morgan fingerprint density at radius 2 is 1.68 bits per heavy atom. The Morgan fingerprint density at radius 1 is 1.00 bits per heavy atom. The first-order chi connectivity index (χ1) is 8.83. The van der Waals surface area contributed by atoms with Crippen LogP contribution in [0.15, 0.2) is 30.6 Å². The van der Waals surface area contributed by atoms with Crippen LogP contribution in [0.5, 0.6) is 0 Å². The van der Waals surface area contributed by atoms with Crippen LogP contribution in [0, 0.1) is 0 Å². The highest BCUT2D eigenvalue weighted by Crippen LogP contribution is 2.12. The highest BCUT2D eigenvalue weighted by atomic mass is 79.9. The van der Waals surface area contributed by atoms with Crippen LogP contribution in [-0.4, -0.2) is 4.57 Å². The topological polar surface area (TPSA) is 8.81 Å². The number of unbranched alkanes of at least 4 members (excludes halogenated alkanes) is 5. The number of rotatable bonds is 7. The first-order valence-corrected chi connectivity index (χ1v) is 7.26. The SMILES string of the molecule is CCCCCCCCn1c[n+](C)c2ccccc21.[Br-]. The van der Waals surface area contributed by atoms with E-state index < -0.39 is 0 Å². The van der Waals surface area contributed by atoms with E-state index in [1.54, 1.807) is 0 Å². The zero-order valence-electron chi connectivity index (χ0n) is 12.1. The van der Waals surface area contributed by atoms with Gasteiger partial charge in [-0.1, -0.05) is 44.7 Å². The van der Waals surface area contributed by atoms with E-state index in [4.69, 9.17) is 0 Å². The standard InChI is InChI=1S/C16H25N2.BrH/c1-3-4-5-6-7-10-13-18-14-17(2)15-11-8-9-12-16(15)18;/h8-9,11-12,14H,3-7,10,13H2,1-2H3;1H/q+1;/p-1. The van der Waals surface area contributed by atoms with Crippen molar-refractivity contribution in [3.05, 3.63) is 30.6 Å². The van der Waals surface area contributed by atoms with Gasteiger partial charge in [0.25, 0.3) is 0 Å². The molecule has 106 valence electrons. The van der Waals surface area contributed by atoms with Crippen molar-refractivity contribution in [1.29, 1.82) is 0 Å². The Hall–Kier alpha value is -0.830. The van der Waals surface area contributed by atoms with E-state index in [1.165, 1.54) is 49.6 Å². The summed E-state index contributed by atoms with van der Waals surface area (Å²) in [5, 5.41) is 0. The lowest BCUT2D eigenvalue weighted by molar-refractivity contribution is -0.645. The average Bonchev–Trinajstić information content (AvgIpc) is 2.71. The van der Waals surface area contributed by atoms with Gasteiger partial charge >= 0.3 is 0 Å². The lowest BCUT2D eigenvalue weighted by Crippen LogP contribution is -3.00. The van der Waals surface area contributed by atoms with Crippen molar-refractivity contribution in [2.24, 2.45) is 7.05 Å². The molecule has 2 nitrogen and oxygen atoms in total. The Labute approximate surface area is 127 Å². The molecule has 0 amide bonds. The van der Waals surface area contributed by atoms with Gasteiger partial charge < -0.3 is 17.0 Å². The molecule has 2 aromatic rings. The minimum Gasteiger partial charge on any atom is -1.00 e. The third-order valence-corrected chi connectivity index (χ3v) is 3.64. The van der Waals surface area contributed by atoms with Crippen LogP contribution in [0.4, 0.5) is 0 Å². The third kappa shape index (κ3) is 4.34. The second-order valence-electron chi connectivity index (χ2n) is 5.18. The van der Waals surface area contributed by atoms with Gasteiger partial charge in [0.1, 0.15) is 0 Å². The molecule has 0 fully saturated rings. The monoisotopic (exact) mass is 324 g/mol. The number of hydrogen-bond acceptors (Lipinski definition) is 0. The van der Waals surface area contributed by atoms with Crippen LogP contribution in [0.3, 0.4) is 0 Å². The second-order valence-corrected chi connectivity index (χ2v) is 5.18. The van der Waals surface area contributed by atoms with Crippen LogP contribution in [0.25, 0.3) is 11.0 Å². The molecule has 0 unspecified atom stereocenters. The smallest absolute Gasteiger partial charge is 0.244 e. The molecule has 0 spiro atoms. The molecule has 1 aromatic heterocycles. The predicted molar refractivity (Wildman–Crippen MR) is 76.5 cm³/mol. The number of para-hydroxylation sites is 2. The number of nitrogens with zero attached hydrogens (tertiary/aromatic N) is 2. The first kappa shape index (κ1) is 16.2. The largest absolute Gasteiger partial charge is 1.00 e. The van der Waals surface area contributed by atoms with Gasteiger partial charge in [-0.2, -0.15) is 0 Å². The Balaban J connectivity index is 0.00000180. The normalized spacial score (nSPS) is 10.6. The van der Waals surface area contributed by atoms with Crippen molar-refractivity contribution in [2.75, 3.05) is 0 Å². The van der Waals surface area contributed by atoms with Gasteiger partial charge in [0, 0.05) is 0 Å². The van der Waals surface area contributed by atoms with Gasteiger partial charge in [0.05, 0.1) is 13.6 Å². The number of imidazole rings is 1. The van der Waals surface area contributed by atoms with Crippen LogP contribution in [0.1, 0.15) is 45.4 Å². The minimum atomic E-state index is 0. The van der Waals surface area contributed by atoms with E-state index in [2.05, 4.69) is 53.7 Å². The molecule has 1 aromatic carbocycles. The molecule has 19 heavy (non-hydrogen) atoms. The number of fused-ring (bicyclic) bond motifs is 1. The fourth-order valence-corrected chi connectivity index (χ4v) is 2.58. The highest BCUT2D eigenvalue weighted by molar-refractivity contribution is 5.71. The maximum absolute atomic E-state index is 2.38. The summed E-state index contributed by atoms with van der Waals surface area (Å²) in [5.74, 6) is 0. The number of aromatic nitrogens is 2. The zero-order valence-corrected chi connectivity index (χ0v) is 13.7. The summed E-state index contributed by atoms with van der Waals surface area (Å²) < 4.78 is 4.60. The van der Waals surface area contributed by atoms with E-state index in [-0.39, 0.29) is 17.0 Å². The molecular formula is C16H25BrN2. The summed E-state index contributed by atoms with van der Waals surface area (Å²) in [6.45, 7) is 3.42.